The molecule has 0 aromatic rings. The molecule has 0 rings (SSSR count). The molecule has 63 valence electrons. The molecule has 0 aliphatic rings. The summed E-state index contributed by atoms with van der Waals surface area (Å²) in [5.74, 6) is 0. The van der Waals surface area contributed by atoms with Crippen molar-refractivity contribution in [3.8, 4) is 0 Å². The summed E-state index contributed by atoms with van der Waals surface area (Å²) >= 11 is 0.757. The molecule has 0 aromatic heterocycles. The second-order valence-corrected chi connectivity index (χ2v) is 3.80. The molecule has 0 saturated carbocycles. The van der Waals surface area contributed by atoms with Crippen LogP contribution in [0.2, 0.25) is 0 Å². The summed E-state index contributed by atoms with van der Waals surface area (Å²) in [5, 5.41) is 7.90. The Kier molecular flexibility index (Phi) is 10.0. The number of hydrogen-bond donors (Lipinski definition) is 1. The first kappa shape index (κ1) is 12.7. The molecule has 2 nitrogen and oxygen atoms in total. The van der Waals surface area contributed by atoms with Crippen LogP contribution in [0.15, 0.2) is 0 Å². The number of halogens is 2. The average molecular weight is 225 g/mol. The maximum absolute atomic E-state index is 7.90. The Hall–Kier alpha value is 1.02. The first-order valence-corrected chi connectivity index (χ1v) is 4.71. The molecule has 0 fully saturated rings. The van der Waals surface area contributed by atoms with Crippen LogP contribution in [0.4, 0.5) is 0 Å². The molecule has 0 heterocycles. The standard InChI is InChI=1S/C4H10O2.2ClH.Cu/c1-4(2,3)6-5;;;/h5H,1-3H3;2*1H;/q;;;+2/p-2. The van der Waals surface area contributed by atoms with Gasteiger partial charge in [0.05, 0.1) is 5.60 Å². The van der Waals surface area contributed by atoms with Crippen LogP contribution >= 0.6 is 20.2 Å². The third kappa shape index (κ3) is 27.5. The van der Waals surface area contributed by atoms with E-state index in [0.717, 1.165) is 13.1 Å². The molecule has 0 aliphatic heterocycles. The van der Waals surface area contributed by atoms with Gasteiger partial charge in [-0.05, 0) is 20.8 Å². The monoisotopic (exact) mass is 223 g/mol. The Morgan fingerprint density at radius 1 is 1.33 bits per heavy atom. The van der Waals surface area contributed by atoms with E-state index in [1.165, 1.54) is 0 Å². The van der Waals surface area contributed by atoms with Crippen LogP contribution in [-0.4, -0.2) is 10.9 Å². The van der Waals surface area contributed by atoms with Gasteiger partial charge < -0.3 is 0 Å². The zero-order valence-corrected chi connectivity index (χ0v) is 7.87. The Labute approximate surface area is 70.0 Å². The SMILES string of the molecule is CC(C)(C)OO.[Cl][Cu][Cl]. The maximum atomic E-state index is 7.90. The molecule has 0 saturated heterocycles. The first-order chi connectivity index (χ1) is 3.97. The normalized spacial score (nSPS) is 10.4. The fourth-order valence-electron chi connectivity index (χ4n) is 0. The molecule has 0 aromatic carbocycles. The van der Waals surface area contributed by atoms with E-state index in [4.69, 9.17) is 5.26 Å². The summed E-state index contributed by atoms with van der Waals surface area (Å²) in [4.78, 5) is 3.94. The van der Waals surface area contributed by atoms with Gasteiger partial charge in [-0.15, -0.1) is 0 Å². The van der Waals surface area contributed by atoms with Crippen molar-refractivity contribution in [3.63, 3.8) is 0 Å². The van der Waals surface area contributed by atoms with Crippen molar-refractivity contribution in [2.45, 2.75) is 26.4 Å². The van der Waals surface area contributed by atoms with Crippen molar-refractivity contribution in [2.75, 3.05) is 0 Å². The van der Waals surface area contributed by atoms with Crippen molar-refractivity contribution in [1.82, 2.24) is 0 Å². The fourth-order valence-corrected chi connectivity index (χ4v) is 0. The van der Waals surface area contributed by atoms with Gasteiger partial charge in [-0.2, -0.15) is 0 Å². The topological polar surface area (TPSA) is 29.5 Å². The van der Waals surface area contributed by atoms with E-state index in [9.17, 15) is 0 Å². The minimum atomic E-state index is -0.403. The predicted octanol–water partition coefficient (Wildman–Crippen LogP) is 2.65. The summed E-state index contributed by atoms with van der Waals surface area (Å²) in [5.41, 5.74) is -0.403. The van der Waals surface area contributed by atoms with Gasteiger partial charge in [0.1, 0.15) is 0 Å². The van der Waals surface area contributed by atoms with Crippen LogP contribution in [-0.2, 0) is 18.0 Å². The quantitative estimate of drug-likeness (QED) is 0.389. The predicted molar refractivity (Wildman–Crippen MR) is 35.2 cm³/mol. The van der Waals surface area contributed by atoms with E-state index in [1.807, 2.05) is 0 Å². The summed E-state index contributed by atoms with van der Waals surface area (Å²) in [6.07, 6.45) is 0. The Balaban J connectivity index is 0. The zero-order valence-electron chi connectivity index (χ0n) is 5.41. The average Bonchev–Trinajstić information content (AvgIpc) is 1.67. The van der Waals surface area contributed by atoms with E-state index < -0.39 is 5.60 Å². The third-order valence-electron chi connectivity index (χ3n) is 0.274. The Bertz CT molecular complexity index is 55.0. The van der Waals surface area contributed by atoms with Crippen molar-refractivity contribution in [3.05, 3.63) is 0 Å². The second kappa shape index (κ2) is 7.13. The summed E-state index contributed by atoms with van der Waals surface area (Å²) in [6, 6.07) is 0. The third-order valence-corrected chi connectivity index (χ3v) is 0.274. The van der Waals surface area contributed by atoms with Crippen molar-refractivity contribution in [1.29, 1.82) is 0 Å². The van der Waals surface area contributed by atoms with Crippen LogP contribution in [0.25, 0.3) is 0 Å². The molecule has 0 atom stereocenters. The molecular formula is C4H10Cl2CuO2. The van der Waals surface area contributed by atoms with Crippen molar-refractivity contribution < 1.29 is 23.3 Å². The molecule has 0 radical (unpaired) electrons. The zero-order chi connectivity index (χ0) is 7.91. The summed E-state index contributed by atoms with van der Waals surface area (Å²) < 4.78 is 0. The Morgan fingerprint density at radius 3 is 1.44 bits per heavy atom. The molecule has 5 heteroatoms. The van der Waals surface area contributed by atoms with E-state index >= 15 is 0 Å². The van der Waals surface area contributed by atoms with Crippen molar-refractivity contribution >= 4 is 20.2 Å². The van der Waals surface area contributed by atoms with Crippen LogP contribution < -0.4 is 0 Å². The van der Waals surface area contributed by atoms with Gasteiger partial charge >= 0.3 is 33.3 Å². The summed E-state index contributed by atoms with van der Waals surface area (Å²) in [7, 11) is 9.34. The number of rotatable bonds is 0. The van der Waals surface area contributed by atoms with Gasteiger partial charge in [-0.3, -0.25) is 5.26 Å². The molecule has 0 spiro atoms. The Morgan fingerprint density at radius 2 is 1.44 bits per heavy atom. The van der Waals surface area contributed by atoms with Gasteiger partial charge in [-0.1, -0.05) is 0 Å². The van der Waals surface area contributed by atoms with Crippen molar-refractivity contribution in [2.24, 2.45) is 0 Å². The van der Waals surface area contributed by atoms with Crippen LogP contribution in [0.1, 0.15) is 20.8 Å². The molecule has 0 unspecified atom stereocenters. The molecule has 1 N–H and O–H groups in total. The van der Waals surface area contributed by atoms with E-state index in [2.05, 4.69) is 25.1 Å². The van der Waals surface area contributed by atoms with Gasteiger partial charge in [0.25, 0.3) is 0 Å². The first-order valence-electron chi connectivity index (χ1n) is 2.11. The molecule has 0 amide bonds. The van der Waals surface area contributed by atoms with Gasteiger partial charge in [-0.25, -0.2) is 4.89 Å². The minimum absolute atomic E-state index is 0.403. The van der Waals surface area contributed by atoms with E-state index in [1.54, 1.807) is 20.8 Å². The molecule has 9 heavy (non-hydrogen) atoms. The van der Waals surface area contributed by atoms with Crippen LogP contribution in [0, 0.1) is 0 Å². The van der Waals surface area contributed by atoms with Crippen LogP contribution in [0.3, 0.4) is 0 Å². The van der Waals surface area contributed by atoms with Gasteiger partial charge in [0.2, 0.25) is 0 Å². The molecular weight excluding hydrogens is 214 g/mol. The molecule has 0 bridgehead atoms. The van der Waals surface area contributed by atoms with E-state index in [0.29, 0.717) is 0 Å². The number of hydrogen-bond acceptors (Lipinski definition) is 2. The van der Waals surface area contributed by atoms with Crippen LogP contribution in [0.5, 0.6) is 0 Å². The fraction of sp³-hybridized carbons (Fsp3) is 1.00. The van der Waals surface area contributed by atoms with Gasteiger partial charge in [0, 0.05) is 0 Å². The van der Waals surface area contributed by atoms with E-state index in [-0.39, 0.29) is 0 Å². The summed E-state index contributed by atoms with van der Waals surface area (Å²) in [6.45, 7) is 5.31. The second-order valence-electron chi connectivity index (χ2n) is 2.25. The van der Waals surface area contributed by atoms with Gasteiger partial charge in [0.15, 0.2) is 0 Å². The molecule has 0 aliphatic carbocycles.